The molecule has 0 saturated heterocycles. The number of benzene rings is 2. The molecule has 0 saturated carbocycles. The molecule has 0 radical (unpaired) electrons. The molecule has 0 aliphatic rings. The van der Waals surface area contributed by atoms with Crippen LogP contribution in [0, 0.1) is 13.8 Å². The molecule has 24 heavy (non-hydrogen) atoms. The van der Waals surface area contributed by atoms with E-state index in [4.69, 9.17) is 21.9 Å². The smallest absolute Gasteiger partial charge is 0.287 e. The predicted molar refractivity (Wildman–Crippen MR) is 96.5 cm³/mol. The van der Waals surface area contributed by atoms with E-state index in [0.29, 0.717) is 21.6 Å². The monoisotopic (exact) mass is 367 g/mol. The second-order valence-electron chi connectivity index (χ2n) is 5.06. The molecule has 1 amide bonds. The number of carbonyl (C=O) groups excluding carboxylic acids is 1. The molecule has 0 spiro atoms. The van der Waals surface area contributed by atoms with Crippen LogP contribution >= 0.6 is 11.6 Å². The molecule has 3 N–H and O–H groups in total. The molecule has 0 atom stereocenters. The van der Waals surface area contributed by atoms with Crippen molar-refractivity contribution >= 4 is 33.7 Å². The normalized spacial score (nSPS) is 11.0. The zero-order chi connectivity index (χ0) is 18.3. The first kappa shape index (κ1) is 19.9. The van der Waals surface area contributed by atoms with Crippen molar-refractivity contribution in [3.63, 3.8) is 0 Å². The van der Waals surface area contributed by atoms with Crippen molar-refractivity contribution < 1.29 is 17.8 Å². The molecular formula is C17H18ClNO4S. The Hall–Kier alpha value is -2.15. The fraction of sp³-hybridized carbons (Fsp3) is 0.118. The lowest BCUT2D eigenvalue weighted by Crippen LogP contribution is -2.12. The Morgan fingerprint density at radius 1 is 1.17 bits per heavy atom. The highest BCUT2D eigenvalue weighted by atomic mass is 35.5. The van der Waals surface area contributed by atoms with Crippen LogP contribution in [-0.2, 0) is 10.1 Å². The van der Waals surface area contributed by atoms with Crippen LogP contribution in [0.1, 0.15) is 27.0 Å². The molecule has 0 aliphatic carbocycles. The zero-order valence-electron chi connectivity index (χ0n) is 13.2. The maximum absolute atomic E-state index is 10.8. The van der Waals surface area contributed by atoms with Crippen molar-refractivity contribution in [3.05, 3.63) is 75.1 Å². The fourth-order valence-corrected chi connectivity index (χ4v) is 2.39. The second kappa shape index (κ2) is 8.63. The van der Waals surface area contributed by atoms with Crippen molar-refractivity contribution in [3.8, 4) is 0 Å². The van der Waals surface area contributed by atoms with Crippen LogP contribution in [0.25, 0.3) is 6.08 Å². The van der Waals surface area contributed by atoms with E-state index in [9.17, 15) is 13.2 Å². The summed E-state index contributed by atoms with van der Waals surface area (Å²) in [4.78, 5) is 10.8. The van der Waals surface area contributed by atoms with Gasteiger partial charge in [0.2, 0.25) is 5.91 Å². The van der Waals surface area contributed by atoms with Gasteiger partial charge in [-0.2, -0.15) is 8.42 Å². The quantitative estimate of drug-likeness (QED) is 0.810. The lowest BCUT2D eigenvalue weighted by atomic mass is 10.1. The highest BCUT2D eigenvalue weighted by molar-refractivity contribution is 7.88. The van der Waals surface area contributed by atoms with Crippen molar-refractivity contribution in [2.45, 2.75) is 13.8 Å². The SMILES string of the molecule is Cc1ccc(C(N)=O)c(C)c1.O=S(=O)(O)C=Cc1cccc(Cl)c1. The van der Waals surface area contributed by atoms with Crippen molar-refractivity contribution in [2.75, 3.05) is 0 Å². The van der Waals surface area contributed by atoms with Gasteiger partial charge in [0.25, 0.3) is 10.1 Å². The maximum Gasteiger partial charge on any atom is 0.287 e. The first-order valence-electron chi connectivity index (χ1n) is 6.86. The van der Waals surface area contributed by atoms with Crippen LogP contribution in [0.5, 0.6) is 0 Å². The Morgan fingerprint density at radius 2 is 1.83 bits per heavy atom. The molecule has 0 aromatic heterocycles. The Bertz CT molecular complexity index is 861. The van der Waals surface area contributed by atoms with Gasteiger partial charge >= 0.3 is 0 Å². The molecule has 0 heterocycles. The third kappa shape index (κ3) is 7.41. The minimum atomic E-state index is -4.06. The van der Waals surface area contributed by atoms with E-state index in [1.807, 2.05) is 26.0 Å². The largest absolute Gasteiger partial charge is 0.366 e. The summed E-state index contributed by atoms with van der Waals surface area (Å²) in [7, 11) is -4.06. The van der Waals surface area contributed by atoms with Crippen LogP contribution < -0.4 is 5.73 Å². The molecule has 0 aliphatic heterocycles. The van der Waals surface area contributed by atoms with Crippen molar-refractivity contribution in [1.29, 1.82) is 0 Å². The number of aryl methyl sites for hydroxylation is 2. The number of hydrogen-bond donors (Lipinski definition) is 2. The molecule has 2 aromatic carbocycles. The summed E-state index contributed by atoms with van der Waals surface area (Å²) in [5, 5.41) is 1.22. The van der Waals surface area contributed by atoms with E-state index in [0.717, 1.165) is 11.1 Å². The van der Waals surface area contributed by atoms with Crippen molar-refractivity contribution in [2.24, 2.45) is 5.73 Å². The maximum atomic E-state index is 10.8. The number of halogens is 1. The van der Waals surface area contributed by atoms with Gasteiger partial charge in [-0.15, -0.1) is 0 Å². The third-order valence-corrected chi connectivity index (χ3v) is 3.64. The van der Waals surface area contributed by atoms with Gasteiger partial charge in [-0.25, -0.2) is 0 Å². The van der Waals surface area contributed by atoms with Gasteiger partial charge in [-0.3, -0.25) is 9.35 Å². The Balaban J connectivity index is 0.000000243. The van der Waals surface area contributed by atoms with Crippen LogP contribution in [0.15, 0.2) is 47.9 Å². The summed E-state index contributed by atoms with van der Waals surface area (Å²) in [6, 6.07) is 12.2. The zero-order valence-corrected chi connectivity index (χ0v) is 14.8. The molecule has 0 unspecified atom stereocenters. The van der Waals surface area contributed by atoms with E-state index in [1.54, 1.807) is 30.3 Å². The van der Waals surface area contributed by atoms with Gasteiger partial charge in [0.05, 0.1) is 5.41 Å². The summed E-state index contributed by atoms with van der Waals surface area (Å²) < 4.78 is 29.1. The average molecular weight is 368 g/mol. The highest BCUT2D eigenvalue weighted by Gasteiger charge is 2.02. The Labute approximate surface area is 146 Å². The molecule has 5 nitrogen and oxygen atoms in total. The number of rotatable bonds is 3. The Morgan fingerprint density at radius 3 is 2.33 bits per heavy atom. The number of hydrogen-bond acceptors (Lipinski definition) is 3. The fourth-order valence-electron chi connectivity index (χ4n) is 1.86. The van der Waals surface area contributed by atoms with E-state index in [2.05, 4.69) is 0 Å². The van der Waals surface area contributed by atoms with Gasteiger partial charge in [0, 0.05) is 10.6 Å². The number of nitrogens with two attached hydrogens (primary N) is 1. The first-order chi connectivity index (χ1) is 11.1. The van der Waals surface area contributed by atoms with Crippen LogP contribution in [-0.4, -0.2) is 18.9 Å². The molecule has 7 heteroatoms. The summed E-state index contributed by atoms with van der Waals surface area (Å²) in [5.41, 5.74) is 8.44. The minimum Gasteiger partial charge on any atom is -0.366 e. The topological polar surface area (TPSA) is 97.5 Å². The standard InChI is InChI=1S/C9H11NO.C8H7ClO3S/c1-6-3-4-8(9(10)11)7(2)5-6;9-8-3-1-2-7(6-8)4-5-13(10,11)12/h3-5H,1-2H3,(H2,10,11);1-6H,(H,10,11,12). The van der Waals surface area contributed by atoms with Gasteiger partial charge < -0.3 is 5.73 Å². The summed E-state index contributed by atoms with van der Waals surface area (Å²) in [5.74, 6) is -0.359. The summed E-state index contributed by atoms with van der Waals surface area (Å²) >= 11 is 5.65. The van der Waals surface area contributed by atoms with Gasteiger partial charge in [-0.05, 0) is 49.2 Å². The van der Waals surface area contributed by atoms with Crippen LogP contribution in [0.3, 0.4) is 0 Å². The summed E-state index contributed by atoms with van der Waals surface area (Å²) in [6.07, 6.45) is 1.27. The van der Waals surface area contributed by atoms with E-state index < -0.39 is 10.1 Å². The second-order valence-corrected chi connectivity index (χ2v) is 6.79. The van der Waals surface area contributed by atoms with E-state index in [1.165, 1.54) is 6.08 Å². The molecular weight excluding hydrogens is 350 g/mol. The Kier molecular flexibility index (Phi) is 7.16. The van der Waals surface area contributed by atoms with Gasteiger partial charge in [-0.1, -0.05) is 41.4 Å². The van der Waals surface area contributed by atoms with Crippen LogP contribution in [0.2, 0.25) is 5.02 Å². The lowest BCUT2D eigenvalue weighted by molar-refractivity contribution is 0.0999. The number of primary amides is 1. The van der Waals surface area contributed by atoms with Gasteiger partial charge in [0.15, 0.2) is 0 Å². The molecule has 2 aromatic rings. The molecule has 2 rings (SSSR count). The molecule has 128 valence electrons. The number of carbonyl (C=O) groups is 1. The molecule has 0 bridgehead atoms. The van der Waals surface area contributed by atoms with E-state index >= 15 is 0 Å². The van der Waals surface area contributed by atoms with E-state index in [-0.39, 0.29) is 5.91 Å². The van der Waals surface area contributed by atoms with Crippen LogP contribution in [0.4, 0.5) is 0 Å². The predicted octanol–water partition coefficient (Wildman–Crippen LogP) is 3.60. The molecule has 0 fully saturated rings. The summed E-state index contributed by atoms with van der Waals surface area (Å²) in [6.45, 7) is 3.87. The van der Waals surface area contributed by atoms with Crippen molar-refractivity contribution in [1.82, 2.24) is 0 Å². The van der Waals surface area contributed by atoms with Gasteiger partial charge in [0.1, 0.15) is 0 Å². The third-order valence-electron chi connectivity index (χ3n) is 2.93. The minimum absolute atomic E-state index is 0.359. The number of amides is 1. The lowest BCUT2D eigenvalue weighted by Gasteiger charge is -2.01. The first-order valence-corrected chi connectivity index (χ1v) is 8.75. The highest BCUT2D eigenvalue weighted by Crippen LogP contribution is 2.12. The average Bonchev–Trinajstić information content (AvgIpc) is 2.45.